The summed E-state index contributed by atoms with van der Waals surface area (Å²) in [5.74, 6) is -0.308. The topological polar surface area (TPSA) is 125 Å². The van der Waals surface area contributed by atoms with Gasteiger partial charge in [-0.2, -0.15) is 0 Å². The van der Waals surface area contributed by atoms with Crippen LogP contribution in [0.25, 0.3) is 0 Å². The number of aromatic nitrogens is 1. The van der Waals surface area contributed by atoms with Gasteiger partial charge < -0.3 is 19.9 Å². The number of anilines is 1. The molecule has 0 radical (unpaired) electrons. The number of hydrogen-bond acceptors (Lipinski definition) is 7. The Morgan fingerprint density at radius 2 is 2.00 bits per heavy atom. The van der Waals surface area contributed by atoms with Crippen LogP contribution in [0.3, 0.4) is 0 Å². The highest BCUT2D eigenvalue weighted by atomic mass is 32.1. The third kappa shape index (κ3) is 4.50. The number of furan rings is 1. The molecular weight excluding hydrogens is 478 g/mol. The van der Waals surface area contributed by atoms with Gasteiger partial charge in [-0.25, -0.2) is 4.98 Å². The Hall–Kier alpha value is -2.23. The minimum Gasteiger partial charge on any atom is -0.459 e. The van der Waals surface area contributed by atoms with E-state index >= 15 is 0 Å². The lowest BCUT2D eigenvalue weighted by atomic mass is 9.47. The van der Waals surface area contributed by atoms with E-state index in [9.17, 15) is 19.8 Å². The van der Waals surface area contributed by atoms with Crippen LogP contribution in [0.1, 0.15) is 92.3 Å². The zero-order valence-corrected chi connectivity index (χ0v) is 21.9. The molecule has 5 unspecified atom stereocenters. The number of fused-ring (bicyclic) bond motifs is 2. The molecule has 2 fully saturated rings. The average Bonchev–Trinajstić information content (AvgIpc) is 3.54. The van der Waals surface area contributed by atoms with Gasteiger partial charge in [-0.3, -0.25) is 14.9 Å². The van der Waals surface area contributed by atoms with Crippen LogP contribution in [-0.4, -0.2) is 45.8 Å². The van der Waals surface area contributed by atoms with Gasteiger partial charge in [0.2, 0.25) is 5.91 Å². The van der Waals surface area contributed by atoms with Crippen LogP contribution >= 0.6 is 11.3 Å². The Morgan fingerprint density at radius 1 is 1.22 bits per heavy atom. The average molecular weight is 516 g/mol. The first-order valence-electron chi connectivity index (χ1n) is 13.2. The summed E-state index contributed by atoms with van der Waals surface area (Å²) in [4.78, 5) is 31.8. The second-order valence-corrected chi connectivity index (χ2v) is 12.5. The maximum absolute atomic E-state index is 13.3. The van der Waals surface area contributed by atoms with Gasteiger partial charge in [0.15, 0.2) is 10.9 Å². The predicted molar refractivity (Wildman–Crippen MR) is 137 cm³/mol. The minimum atomic E-state index is -0.676. The molecule has 2 heterocycles. The first-order valence-corrected chi connectivity index (χ1v) is 14.0. The SMILES string of the molecule is CC1(CO)C(O)CCC2(C)C(CC(=O)NC3CCCCC3)c3nc(NC(=O)c4ccco4)sc3CC12. The monoisotopic (exact) mass is 515 g/mol. The normalized spacial score (nSPS) is 32.4. The number of nitrogens with one attached hydrogen (secondary N) is 2. The Morgan fingerprint density at radius 3 is 2.69 bits per heavy atom. The lowest BCUT2D eigenvalue weighted by Gasteiger charge is -2.58. The van der Waals surface area contributed by atoms with E-state index in [1.165, 1.54) is 24.0 Å². The summed E-state index contributed by atoms with van der Waals surface area (Å²) >= 11 is 1.41. The first kappa shape index (κ1) is 25.4. The summed E-state index contributed by atoms with van der Waals surface area (Å²) in [6.45, 7) is 4.04. The molecule has 5 atom stereocenters. The van der Waals surface area contributed by atoms with Crippen LogP contribution in [0.15, 0.2) is 22.8 Å². The van der Waals surface area contributed by atoms with Gasteiger partial charge in [0, 0.05) is 28.7 Å². The second kappa shape index (κ2) is 9.91. The molecule has 0 aromatic carbocycles. The van der Waals surface area contributed by atoms with Crippen LogP contribution < -0.4 is 10.6 Å². The maximum atomic E-state index is 13.3. The molecule has 0 spiro atoms. The van der Waals surface area contributed by atoms with E-state index in [-0.39, 0.29) is 47.5 Å². The summed E-state index contributed by atoms with van der Waals surface area (Å²) in [7, 11) is 0. The van der Waals surface area contributed by atoms with Gasteiger partial charge in [0.1, 0.15) is 0 Å². The Balaban J connectivity index is 1.46. The van der Waals surface area contributed by atoms with Crippen molar-refractivity contribution in [2.75, 3.05) is 11.9 Å². The van der Waals surface area contributed by atoms with Crippen LogP contribution in [0, 0.1) is 16.7 Å². The molecule has 8 nitrogen and oxygen atoms in total. The molecule has 9 heteroatoms. The van der Waals surface area contributed by atoms with Crippen molar-refractivity contribution in [1.29, 1.82) is 0 Å². The van der Waals surface area contributed by atoms with Gasteiger partial charge >= 0.3 is 0 Å². The number of carbonyl (C=O) groups is 2. The highest BCUT2D eigenvalue weighted by Crippen LogP contribution is 2.62. The fourth-order valence-corrected chi connectivity index (χ4v) is 8.05. The van der Waals surface area contributed by atoms with Gasteiger partial charge in [-0.15, -0.1) is 11.3 Å². The summed E-state index contributed by atoms with van der Waals surface area (Å²) in [6, 6.07) is 3.49. The zero-order chi connectivity index (χ0) is 25.5. The smallest absolute Gasteiger partial charge is 0.293 e. The van der Waals surface area contributed by atoms with Crippen LogP contribution in [0.4, 0.5) is 5.13 Å². The third-order valence-electron chi connectivity index (χ3n) is 9.22. The molecule has 0 bridgehead atoms. The standard InChI is InChI=1S/C27H37N3O5S/c1-26-11-10-21(32)27(2,15-31)20(26)14-19-23(17(26)13-22(33)28-16-7-4-3-5-8-16)29-25(36-19)30-24(34)18-9-6-12-35-18/h6,9,12,16-17,20-21,31-32H,3-5,7-8,10-11,13-15H2,1-2H3,(H,28,33)(H,29,30,34). The fourth-order valence-electron chi connectivity index (χ4n) is 6.98. The van der Waals surface area contributed by atoms with E-state index in [2.05, 4.69) is 17.6 Å². The number of nitrogens with zero attached hydrogens (tertiary/aromatic N) is 1. The molecule has 2 saturated carbocycles. The van der Waals surface area contributed by atoms with E-state index < -0.39 is 11.5 Å². The van der Waals surface area contributed by atoms with Crippen molar-refractivity contribution >= 4 is 28.3 Å². The molecule has 3 aliphatic carbocycles. The highest BCUT2D eigenvalue weighted by molar-refractivity contribution is 7.15. The molecule has 2 aromatic heterocycles. The van der Waals surface area contributed by atoms with Crippen LogP contribution in [0.2, 0.25) is 0 Å². The first-order chi connectivity index (χ1) is 17.2. The third-order valence-corrected chi connectivity index (χ3v) is 10.2. The van der Waals surface area contributed by atoms with Gasteiger partial charge in [-0.05, 0) is 55.6 Å². The lowest BCUT2D eigenvalue weighted by molar-refractivity contribution is -0.144. The Kier molecular flexibility index (Phi) is 7.00. The molecule has 196 valence electrons. The number of carbonyl (C=O) groups excluding carboxylic acids is 2. The fraction of sp³-hybridized carbons (Fsp3) is 0.667. The number of thiazole rings is 1. The highest BCUT2D eigenvalue weighted by Gasteiger charge is 2.59. The number of aliphatic hydroxyl groups excluding tert-OH is 2. The summed E-state index contributed by atoms with van der Waals surface area (Å²) < 4.78 is 5.22. The van der Waals surface area contributed by atoms with Gasteiger partial charge in [-0.1, -0.05) is 33.1 Å². The Labute approximate surface area is 215 Å². The van der Waals surface area contributed by atoms with Crippen molar-refractivity contribution < 1.29 is 24.2 Å². The molecule has 2 aromatic rings. The minimum absolute atomic E-state index is 0.0206. The second-order valence-electron chi connectivity index (χ2n) is 11.4. The molecule has 36 heavy (non-hydrogen) atoms. The number of amides is 2. The molecule has 3 aliphatic rings. The molecule has 2 amide bonds. The van der Waals surface area contributed by atoms with Crippen molar-refractivity contribution in [3.63, 3.8) is 0 Å². The van der Waals surface area contributed by atoms with Crippen molar-refractivity contribution in [2.24, 2.45) is 16.7 Å². The summed E-state index contributed by atoms with van der Waals surface area (Å²) in [5, 5.41) is 27.9. The molecular formula is C27H37N3O5S. The van der Waals surface area contributed by atoms with Crippen molar-refractivity contribution in [1.82, 2.24) is 10.3 Å². The summed E-state index contributed by atoms with van der Waals surface area (Å²) in [5.41, 5.74) is -0.127. The van der Waals surface area contributed by atoms with Gasteiger partial charge in [0.25, 0.3) is 5.91 Å². The maximum Gasteiger partial charge on any atom is 0.293 e. The lowest BCUT2D eigenvalue weighted by Crippen LogP contribution is -2.57. The van der Waals surface area contributed by atoms with E-state index in [0.29, 0.717) is 24.4 Å². The number of rotatable bonds is 6. The van der Waals surface area contributed by atoms with E-state index in [4.69, 9.17) is 9.40 Å². The quantitative estimate of drug-likeness (QED) is 0.456. The molecule has 0 saturated heterocycles. The van der Waals surface area contributed by atoms with Crippen molar-refractivity contribution in [3.05, 3.63) is 34.7 Å². The Bertz CT molecular complexity index is 1100. The van der Waals surface area contributed by atoms with Crippen molar-refractivity contribution in [2.45, 2.75) is 89.7 Å². The van der Waals surface area contributed by atoms with Gasteiger partial charge in [0.05, 0.1) is 24.7 Å². The van der Waals surface area contributed by atoms with Crippen LogP contribution in [0.5, 0.6) is 0 Å². The van der Waals surface area contributed by atoms with Crippen molar-refractivity contribution in [3.8, 4) is 0 Å². The van der Waals surface area contributed by atoms with E-state index in [0.717, 1.165) is 42.7 Å². The molecule has 5 rings (SSSR count). The zero-order valence-electron chi connectivity index (χ0n) is 21.1. The molecule has 4 N–H and O–H groups in total. The predicted octanol–water partition coefficient (Wildman–Crippen LogP) is 4.24. The van der Waals surface area contributed by atoms with E-state index in [1.54, 1.807) is 12.1 Å². The van der Waals surface area contributed by atoms with Crippen LogP contribution in [-0.2, 0) is 11.2 Å². The van der Waals surface area contributed by atoms with E-state index in [1.807, 2.05) is 6.92 Å². The largest absolute Gasteiger partial charge is 0.459 e. The number of hydrogen-bond donors (Lipinski definition) is 4. The summed E-state index contributed by atoms with van der Waals surface area (Å²) in [6.07, 6.45) is 8.70. The number of aliphatic hydroxyl groups is 2. The molecule has 0 aliphatic heterocycles.